The normalized spacial score (nSPS) is 11.1. The Morgan fingerprint density at radius 3 is 2.40 bits per heavy atom. The standard InChI is InChI=1S/C13H14N2O4S/c14-20(16,17)12-7-4-8-15-13(12)19-10-9-18-11-5-2-1-3-6-11/h1-8H,9-10H2,(H2,14,16,17). The second-order valence-corrected chi connectivity index (χ2v) is 5.39. The minimum absolute atomic E-state index is 0.0216. The van der Waals surface area contributed by atoms with E-state index in [2.05, 4.69) is 4.98 Å². The Morgan fingerprint density at radius 2 is 1.70 bits per heavy atom. The maximum Gasteiger partial charge on any atom is 0.243 e. The van der Waals surface area contributed by atoms with Gasteiger partial charge in [0, 0.05) is 6.20 Å². The maximum atomic E-state index is 11.3. The van der Waals surface area contributed by atoms with Gasteiger partial charge in [-0.3, -0.25) is 0 Å². The molecule has 0 spiro atoms. The summed E-state index contributed by atoms with van der Waals surface area (Å²) in [6, 6.07) is 12.0. The van der Waals surface area contributed by atoms with Crippen LogP contribution in [0.25, 0.3) is 0 Å². The summed E-state index contributed by atoms with van der Waals surface area (Å²) in [6.07, 6.45) is 1.43. The van der Waals surface area contributed by atoms with Gasteiger partial charge in [-0.1, -0.05) is 18.2 Å². The SMILES string of the molecule is NS(=O)(=O)c1cccnc1OCCOc1ccccc1. The maximum absolute atomic E-state index is 11.3. The van der Waals surface area contributed by atoms with Crippen molar-refractivity contribution >= 4 is 10.0 Å². The molecule has 2 aromatic rings. The fourth-order valence-electron chi connectivity index (χ4n) is 1.52. The van der Waals surface area contributed by atoms with Crippen LogP contribution in [0.1, 0.15) is 0 Å². The van der Waals surface area contributed by atoms with Gasteiger partial charge in [0.25, 0.3) is 0 Å². The average Bonchev–Trinajstić information content (AvgIpc) is 2.44. The van der Waals surface area contributed by atoms with Gasteiger partial charge >= 0.3 is 0 Å². The number of nitrogens with zero attached hydrogens (tertiary/aromatic N) is 1. The average molecular weight is 294 g/mol. The van der Waals surface area contributed by atoms with Crippen molar-refractivity contribution in [2.75, 3.05) is 13.2 Å². The topological polar surface area (TPSA) is 91.5 Å². The lowest BCUT2D eigenvalue weighted by atomic mass is 10.3. The zero-order valence-electron chi connectivity index (χ0n) is 10.6. The summed E-state index contributed by atoms with van der Waals surface area (Å²) in [7, 11) is -3.85. The molecule has 106 valence electrons. The number of benzene rings is 1. The Kier molecular flexibility index (Phi) is 4.54. The van der Waals surface area contributed by atoms with Gasteiger partial charge in [0.2, 0.25) is 15.9 Å². The summed E-state index contributed by atoms with van der Waals surface area (Å²) in [6.45, 7) is 0.430. The van der Waals surface area contributed by atoms with Crippen LogP contribution in [0.3, 0.4) is 0 Å². The summed E-state index contributed by atoms with van der Waals surface area (Å²) in [5, 5.41) is 5.07. The van der Waals surface area contributed by atoms with Crippen molar-refractivity contribution < 1.29 is 17.9 Å². The van der Waals surface area contributed by atoms with Crippen LogP contribution in [0.15, 0.2) is 53.6 Å². The van der Waals surface area contributed by atoms with Crippen molar-refractivity contribution in [2.45, 2.75) is 4.90 Å². The van der Waals surface area contributed by atoms with Crippen molar-refractivity contribution in [2.24, 2.45) is 5.14 Å². The Hall–Kier alpha value is -2.12. The Labute approximate surface area is 117 Å². The number of nitrogens with two attached hydrogens (primary N) is 1. The molecule has 7 heteroatoms. The van der Waals surface area contributed by atoms with E-state index in [1.54, 1.807) is 0 Å². The number of hydrogen-bond donors (Lipinski definition) is 1. The Balaban J connectivity index is 1.92. The summed E-state index contributed by atoms with van der Waals surface area (Å²) in [4.78, 5) is 3.71. The largest absolute Gasteiger partial charge is 0.490 e. The first kappa shape index (κ1) is 14.3. The molecule has 1 aromatic carbocycles. The second-order valence-electron chi connectivity index (χ2n) is 3.86. The first-order valence-corrected chi connectivity index (χ1v) is 7.40. The summed E-state index contributed by atoms with van der Waals surface area (Å²) in [5.74, 6) is 0.690. The molecule has 0 unspecified atom stereocenters. The molecular weight excluding hydrogens is 280 g/mol. The predicted molar refractivity (Wildman–Crippen MR) is 73.0 cm³/mol. The highest BCUT2D eigenvalue weighted by molar-refractivity contribution is 7.89. The van der Waals surface area contributed by atoms with Crippen molar-refractivity contribution in [3.63, 3.8) is 0 Å². The van der Waals surface area contributed by atoms with Crippen LogP contribution >= 0.6 is 0 Å². The highest BCUT2D eigenvalue weighted by Gasteiger charge is 2.15. The molecule has 0 atom stereocenters. The van der Waals surface area contributed by atoms with Crippen molar-refractivity contribution in [1.82, 2.24) is 4.98 Å². The molecule has 0 saturated heterocycles. The van der Waals surface area contributed by atoms with Gasteiger partial charge in [0.1, 0.15) is 23.9 Å². The van der Waals surface area contributed by atoms with E-state index in [1.807, 2.05) is 30.3 Å². The van der Waals surface area contributed by atoms with E-state index in [1.165, 1.54) is 18.3 Å². The molecule has 0 amide bonds. The molecule has 0 aliphatic carbocycles. The highest BCUT2D eigenvalue weighted by Crippen LogP contribution is 2.18. The monoisotopic (exact) mass is 294 g/mol. The number of para-hydroxylation sites is 1. The molecule has 1 heterocycles. The van der Waals surface area contributed by atoms with Crippen LogP contribution in [-0.4, -0.2) is 26.6 Å². The minimum atomic E-state index is -3.85. The lowest BCUT2D eigenvalue weighted by molar-refractivity contribution is 0.208. The summed E-state index contributed by atoms with van der Waals surface area (Å²) < 4.78 is 33.4. The smallest absolute Gasteiger partial charge is 0.243 e. The van der Waals surface area contributed by atoms with Crippen LogP contribution in [0.5, 0.6) is 11.6 Å². The number of primary sulfonamides is 1. The lowest BCUT2D eigenvalue weighted by Crippen LogP contribution is -2.16. The molecule has 2 rings (SSSR count). The third-order valence-corrected chi connectivity index (χ3v) is 3.30. The fraction of sp³-hybridized carbons (Fsp3) is 0.154. The molecule has 6 nitrogen and oxygen atoms in total. The fourth-order valence-corrected chi connectivity index (χ4v) is 2.14. The third-order valence-electron chi connectivity index (χ3n) is 2.38. The van der Waals surface area contributed by atoms with Gasteiger partial charge in [0.15, 0.2) is 0 Å². The van der Waals surface area contributed by atoms with Crippen LogP contribution in [-0.2, 0) is 10.0 Å². The molecule has 0 saturated carbocycles. The molecule has 0 bridgehead atoms. The number of rotatable bonds is 6. The summed E-state index contributed by atoms with van der Waals surface area (Å²) in [5.41, 5.74) is 0. The van der Waals surface area contributed by atoms with Gasteiger partial charge in [-0.05, 0) is 24.3 Å². The number of aromatic nitrogens is 1. The van der Waals surface area contributed by atoms with E-state index >= 15 is 0 Å². The number of ether oxygens (including phenoxy) is 2. The first-order valence-electron chi connectivity index (χ1n) is 5.86. The van der Waals surface area contributed by atoms with Gasteiger partial charge in [-0.2, -0.15) is 0 Å². The molecule has 0 fully saturated rings. The molecule has 0 radical (unpaired) electrons. The van der Waals surface area contributed by atoms with E-state index in [0.717, 1.165) is 0 Å². The van der Waals surface area contributed by atoms with Crippen LogP contribution in [0.2, 0.25) is 0 Å². The Bertz CT molecular complexity index is 659. The van der Waals surface area contributed by atoms with Crippen LogP contribution < -0.4 is 14.6 Å². The second kappa shape index (κ2) is 6.36. The van der Waals surface area contributed by atoms with E-state index in [0.29, 0.717) is 5.75 Å². The molecule has 2 N–H and O–H groups in total. The van der Waals surface area contributed by atoms with Crippen molar-refractivity contribution in [3.8, 4) is 11.6 Å². The zero-order chi connectivity index (χ0) is 14.4. The third kappa shape index (κ3) is 3.94. The summed E-state index contributed by atoms with van der Waals surface area (Å²) >= 11 is 0. The zero-order valence-corrected chi connectivity index (χ0v) is 11.4. The van der Waals surface area contributed by atoms with E-state index in [-0.39, 0.29) is 24.0 Å². The van der Waals surface area contributed by atoms with Gasteiger partial charge in [-0.15, -0.1) is 0 Å². The van der Waals surface area contributed by atoms with Gasteiger partial charge in [0.05, 0.1) is 0 Å². The Morgan fingerprint density at radius 1 is 1.00 bits per heavy atom. The van der Waals surface area contributed by atoms with Crippen molar-refractivity contribution in [3.05, 3.63) is 48.7 Å². The van der Waals surface area contributed by atoms with Gasteiger partial charge in [-0.25, -0.2) is 18.5 Å². The molecule has 1 aromatic heterocycles. The van der Waals surface area contributed by atoms with E-state index in [9.17, 15) is 8.42 Å². The molecule has 0 aliphatic heterocycles. The van der Waals surface area contributed by atoms with E-state index in [4.69, 9.17) is 14.6 Å². The molecule has 0 aliphatic rings. The number of hydrogen-bond acceptors (Lipinski definition) is 5. The molecule has 20 heavy (non-hydrogen) atoms. The van der Waals surface area contributed by atoms with Crippen molar-refractivity contribution in [1.29, 1.82) is 0 Å². The number of pyridine rings is 1. The van der Waals surface area contributed by atoms with Crippen LogP contribution in [0, 0.1) is 0 Å². The van der Waals surface area contributed by atoms with Crippen LogP contribution in [0.4, 0.5) is 0 Å². The predicted octanol–water partition coefficient (Wildman–Crippen LogP) is 1.19. The van der Waals surface area contributed by atoms with E-state index < -0.39 is 10.0 Å². The van der Waals surface area contributed by atoms with Gasteiger partial charge < -0.3 is 9.47 Å². The quantitative estimate of drug-likeness (QED) is 0.808. The minimum Gasteiger partial charge on any atom is -0.490 e. The molecular formula is C13H14N2O4S. The first-order chi connectivity index (χ1) is 9.57. The highest BCUT2D eigenvalue weighted by atomic mass is 32.2. The lowest BCUT2D eigenvalue weighted by Gasteiger charge is -2.09. The number of sulfonamides is 1.